The van der Waals surface area contributed by atoms with Crippen molar-refractivity contribution in [3.05, 3.63) is 28.5 Å². The van der Waals surface area contributed by atoms with E-state index in [4.69, 9.17) is 11.6 Å². The number of benzene rings is 1. The number of hydrogen-bond donors (Lipinski definition) is 1. The largest absolute Gasteiger partial charge is 0.243 e. The van der Waals surface area contributed by atoms with Crippen LogP contribution in [0.3, 0.4) is 0 Å². The molecule has 1 fully saturated rings. The fraction of sp³-hybridized carbons (Fsp3) is 0.571. The van der Waals surface area contributed by atoms with Gasteiger partial charge in [-0.15, -0.1) is 11.6 Å². The van der Waals surface area contributed by atoms with Crippen LogP contribution in [0.25, 0.3) is 0 Å². The second-order valence-corrected chi connectivity index (χ2v) is 8.35. The quantitative estimate of drug-likeness (QED) is 0.764. The summed E-state index contributed by atoms with van der Waals surface area (Å²) < 4.78 is 41.2. The van der Waals surface area contributed by atoms with Gasteiger partial charge in [0.25, 0.3) is 0 Å². The van der Waals surface area contributed by atoms with Gasteiger partial charge in [-0.25, -0.2) is 17.5 Å². The first-order valence-corrected chi connectivity index (χ1v) is 9.76. The standard InChI is InChI=1S/C14H18BrClFNO2S/c15-12-5-6-14(13(17)7-12)21(19,20)18-9-11-4-2-1-3-10(11)8-16/h5-7,10-11,18H,1-4,8-9H2. The van der Waals surface area contributed by atoms with E-state index in [2.05, 4.69) is 20.7 Å². The fourth-order valence-corrected chi connectivity index (χ4v) is 4.64. The first-order chi connectivity index (χ1) is 9.94. The summed E-state index contributed by atoms with van der Waals surface area (Å²) in [7, 11) is -3.83. The Morgan fingerprint density at radius 3 is 2.57 bits per heavy atom. The van der Waals surface area contributed by atoms with E-state index in [1.807, 2.05) is 0 Å². The van der Waals surface area contributed by atoms with Crippen LogP contribution in [0.5, 0.6) is 0 Å². The first-order valence-electron chi connectivity index (χ1n) is 6.94. The smallest absolute Gasteiger partial charge is 0.211 e. The Morgan fingerprint density at radius 2 is 1.95 bits per heavy atom. The van der Waals surface area contributed by atoms with E-state index in [0.717, 1.165) is 31.7 Å². The first kappa shape index (κ1) is 17.2. The Hall–Kier alpha value is -0.170. The average Bonchev–Trinajstić information content (AvgIpc) is 2.45. The van der Waals surface area contributed by atoms with Gasteiger partial charge in [0.2, 0.25) is 10.0 Å². The van der Waals surface area contributed by atoms with E-state index >= 15 is 0 Å². The Balaban J connectivity index is 2.07. The number of nitrogens with one attached hydrogen (secondary N) is 1. The minimum Gasteiger partial charge on any atom is -0.211 e. The maximum Gasteiger partial charge on any atom is 0.243 e. The normalized spacial score (nSPS) is 23.2. The average molecular weight is 399 g/mol. The van der Waals surface area contributed by atoms with Crippen LogP contribution < -0.4 is 4.72 Å². The lowest BCUT2D eigenvalue weighted by molar-refractivity contribution is 0.260. The van der Waals surface area contributed by atoms with Gasteiger partial charge in [0.05, 0.1) is 0 Å². The molecule has 2 rings (SSSR count). The lowest BCUT2D eigenvalue weighted by Gasteiger charge is -2.30. The predicted molar refractivity (Wildman–Crippen MR) is 85.5 cm³/mol. The summed E-state index contributed by atoms with van der Waals surface area (Å²) in [6.07, 6.45) is 4.22. The summed E-state index contributed by atoms with van der Waals surface area (Å²) >= 11 is 9.05. The Morgan fingerprint density at radius 1 is 1.29 bits per heavy atom. The van der Waals surface area contributed by atoms with E-state index in [1.54, 1.807) is 0 Å². The molecule has 2 unspecified atom stereocenters. The van der Waals surface area contributed by atoms with Gasteiger partial charge in [0.15, 0.2) is 0 Å². The molecule has 21 heavy (non-hydrogen) atoms. The molecule has 0 spiro atoms. The van der Waals surface area contributed by atoms with E-state index in [1.165, 1.54) is 12.1 Å². The van der Waals surface area contributed by atoms with Crippen molar-refractivity contribution < 1.29 is 12.8 Å². The highest BCUT2D eigenvalue weighted by molar-refractivity contribution is 9.10. The molecule has 0 aliphatic heterocycles. The predicted octanol–water partition coefficient (Wildman–Crippen LogP) is 3.91. The van der Waals surface area contributed by atoms with Crippen molar-refractivity contribution in [2.24, 2.45) is 11.8 Å². The minimum absolute atomic E-state index is 0.226. The van der Waals surface area contributed by atoms with Crippen molar-refractivity contribution in [3.8, 4) is 0 Å². The zero-order chi connectivity index (χ0) is 15.5. The SMILES string of the molecule is O=S(=O)(NCC1CCCCC1CCl)c1ccc(Br)cc1F. The monoisotopic (exact) mass is 397 g/mol. The molecule has 0 aromatic heterocycles. The third-order valence-electron chi connectivity index (χ3n) is 3.98. The second kappa shape index (κ2) is 7.40. The van der Waals surface area contributed by atoms with Crippen LogP contribution in [-0.2, 0) is 10.0 Å². The number of halogens is 3. The van der Waals surface area contributed by atoms with Gasteiger partial charge in [-0.2, -0.15) is 0 Å². The van der Waals surface area contributed by atoms with Gasteiger partial charge < -0.3 is 0 Å². The molecule has 0 amide bonds. The summed E-state index contributed by atoms with van der Waals surface area (Å²) in [5, 5.41) is 0. The third-order valence-corrected chi connectivity index (χ3v) is 6.33. The van der Waals surface area contributed by atoms with E-state index < -0.39 is 15.8 Å². The number of alkyl halides is 1. The summed E-state index contributed by atoms with van der Waals surface area (Å²) in [5.74, 6) is 0.343. The zero-order valence-corrected chi connectivity index (χ0v) is 14.6. The molecule has 3 nitrogen and oxygen atoms in total. The molecule has 1 saturated carbocycles. The van der Waals surface area contributed by atoms with Gasteiger partial charge >= 0.3 is 0 Å². The number of sulfonamides is 1. The molecule has 0 bridgehead atoms. The molecule has 1 N–H and O–H groups in total. The zero-order valence-electron chi connectivity index (χ0n) is 11.5. The molecule has 118 valence electrons. The molecular formula is C14H18BrClFNO2S. The topological polar surface area (TPSA) is 46.2 Å². The lowest BCUT2D eigenvalue weighted by Crippen LogP contribution is -2.35. The van der Waals surface area contributed by atoms with Crippen LogP contribution in [0.15, 0.2) is 27.6 Å². The van der Waals surface area contributed by atoms with E-state index in [9.17, 15) is 12.8 Å². The summed E-state index contributed by atoms with van der Waals surface area (Å²) in [6, 6.07) is 3.93. The highest BCUT2D eigenvalue weighted by Gasteiger charge is 2.27. The van der Waals surface area contributed by atoms with Crippen LogP contribution >= 0.6 is 27.5 Å². The molecule has 1 aromatic rings. The van der Waals surface area contributed by atoms with Crippen LogP contribution in [0.2, 0.25) is 0 Å². The van der Waals surface area contributed by atoms with E-state index in [0.29, 0.717) is 22.8 Å². The maximum absolute atomic E-state index is 13.8. The Bertz CT molecular complexity index is 597. The van der Waals surface area contributed by atoms with Crippen molar-refractivity contribution in [2.75, 3.05) is 12.4 Å². The Kier molecular flexibility index (Phi) is 6.05. The highest BCUT2D eigenvalue weighted by Crippen LogP contribution is 2.30. The van der Waals surface area contributed by atoms with Gasteiger partial charge in [-0.05, 0) is 42.9 Å². The Labute approximate surface area is 138 Å². The molecule has 0 heterocycles. The van der Waals surface area contributed by atoms with Crippen molar-refractivity contribution in [2.45, 2.75) is 30.6 Å². The summed E-state index contributed by atoms with van der Waals surface area (Å²) in [6.45, 7) is 0.315. The van der Waals surface area contributed by atoms with Gasteiger partial charge in [-0.3, -0.25) is 0 Å². The number of hydrogen-bond acceptors (Lipinski definition) is 2. The fourth-order valence-electron chi connectivity index (χ4n) is 2.74. The maximum atomic E-state index is 13.8. The van der Waals surface area contributed by atoms with Crippen LogP contribution in [0.1, 0.15) is 25.7 Å². The molecule has 0 radical (unpaired) electrons. The number of rotatable bonds is 5. The third kappa shape index (κ3) is 4.41. The summed E-state index contributed by atoms with van der Waals surface area (Å²) in [4.78, 5) is -0.316. The molecule has 7 heteroatoms. The lowest BCUT2D eigenvalue weighted by atomic mass is 9.80. The van der Waals surface area contributed by atoms with Crippen molar-refractivity contribution in [1.82, 2.24) is 4.72 Å². The van der Waals surface area contributed by atoms with Crippen molar-refractivity contribution >= 4 is 37.6 Å². The van der Waals surface area contributed by atoms with Gasteiger partial charge in [0, 0.05) is 16.9 Å². The van der Waals surface area contributed by atoms with E-state index in [-0.39, 0.29) is 10.8 Å². The molecule has 2 atom stereocenters. The molecular weight excluding hydrogens is 381 g/mol. The van der Waals surface area contributed by atoms with Crippen molar-refractivity contribution in [3.63, 3.8) is 0 Å². The second-order valence-electron chi connectivity index (χ2n) is 5.39. The molecule has 1 aliphatic carbocycles. The van der Waals surface area contributed by atoms with Gasteiger partial charge in [0.1, 0.15) is 10.7 Å². The van der Waals surface area contributed by atoms with Crippen LogP contribution in [-0.4, -0.2) is 20.8 Å². The van der Waals surface area contributed by atoms with Crippen LogP contribution in [0.4, 0.5) is 4.39 Å². The van der Waals surface area contributed by atoms with Crippen LogP contribution in [0, 0.1) is 17.7 Å². The minimum atomic E-state index is -3.83. The summed E-state index contributed by atoms with van der Waals surface area (Å²) in [5.41, 5.74) is 0. The molecule has 0 saturated heterocycles. The molecule has 1 aromatic carbocycles. The van der Waals surface area contributed by atoms with Crippen molar-refractivity contribution in [1.29, 1.82) is 0 Å². The van der Waals surface area contributed by atoms with Gasteiger partial charge in [-0.1, -0.05) is 28.8 Å². The molecule has 1 aliphatic rings. The highest BCUT2D eigenvalue weighted by atomic mass is 79.9.